The Balaban J connectivity index is 0.979. The Hall–Kier alpha value is -7.04. The van der Waals surface area contributed by atoms with Crippen LogP contribution < -0.4 is 30.1 Å². The fraction of sp³-hybridized carbons (Fsp3) is 0.130. The molecule has 2 aliphatic heterocycles. The molecule has 0 aromatic heterocycles. The molecule has 2 N–H and O–H groups in total. The molecule has 0 radical (unpaired) electrons. The maximum atomic E-state index is 14.0. The minimum absolute atomic E-state index is 0.0462. The molecule has 2 atom stereocenters. The topological polar surface area (TPSA) is 176 Å². The number of nitrogens with one attached hydrogen (secondary N) is 2. The van der Waals surface area contributed by atoms with E-state index >= 15 is 0 Å². The Morgan fingerprint density at radius 3 is 1.37 bits per heavy atom. The van der Waals surface area contributed by atoms with E-state index in [4.69, 9.17) is 9.47 Å². The molecule has 1 aliphatic carbocycles. The lowest BCUT2D eigenvalue weighted by molar-refractivity contribution is -0.126. The van der Waals surface area contributed by atoms with Crippen LogP contribution in [0, 0.1) is 11.8 Å². The number of anilines is 2. The summed E-state index contributed by atoms with van der Waals surface area (Å²) in [5.74, 6) is -4.53. The second-order valence-corrected chi connectivity index (χ2v) is 16.3. The number of amides is 4. The van der Waals surface area contributed by atoms with Crippen LogP contribution in [0.4, 0.5) is 11.4 Å². The van der Waals surface area contributed by atoms with Crippen molar-refractivity contribution in [3.8, 4) is 11.5 Å². The monoisotopic (exact) mass is 956 g/mol. The molecular weight excluding hydrogens is 924 g/mol. The summed E-state index contributed by atoms with van der Waals surface area (Å²) in [6.07, 6.45) is 2.93. The molecule has 0 saturated carbocycles. The van der Waals surface area contributed by atoms with E-state index in [-0.39, 0.29) is 71.9 Å². The summed E-state index contributed by atoms with van der Waals surface area (Å²) in [5.41, 5.74) is 7.63. The predicted molar refractivity (Wildman–Crippen MR) is 237 cm³/mol. The summed E-state index contributed by atoms with van der Waals surface area (Å²) >= 11 is 6.75. The van der Waals surface area contributed by atoms with Gasteiger partial charge in [0.25, 0.3) is 0 Å². The number of halogens is 2. The van der Waals surface area contributed by atoms with Crippen LogP contribution >= 0.6 is 31.9 Å². The molecule has 4 amide bonds. The van der Waals surface area contributed by atoms with Crippen molar-refractivity contribution in [2.75, 3.05) is 22.9 Å². The third-order valence-electron chi connectivity index (χ3n) is 10.2. The average Bonchev–Trinajstić information content (AvgIpc) is 3.88. The largest absolute Gasteiger partial charge is 0.449 e. The van der Waals surface area contributed by atoms with E-state index in [1.54, 1.807) is 48.5 Å². The van der Waals surface area contributed by atoms with E-state index in [2.05, 4.69) is 52.9 Å². The SMILES string of the molecule is O=C1C(Oc2cccc(N3CC(C(=O)N/N=C/c4ccc(Br)cc4)CC3=O)c2)=C(Oc2cccc(N3CC(C(=O)N/N=C/c4ccc(Br)cc4)CC3=O)c2)C(=O)c2ccccc21. The molecule has 5 aromatic rings. The molecule has 2 unspecified atom stereocenters. The van der Waals surface area contributed by atoms with Gasteiger partial charge in [0.05, 0.1) is 24.3 Å². The van der Waals surface area contributed by atoms with Gasteiger partial charge in [-0.2, -0.15) is 10.2 Å². The van der Waals surface area contributed by atoms with E-state index in [9.17, 15) is 28.8 Å². The van der Waals surface area contributed by atoms with Crippen molar-refractivity contribution in [3.63, 3.8) is 0 Å². The van der Waals surface area contributed by atoms with Crippen molar-refractivity contribution in [1.29, 1.82) is 0 Å². The molecule has 3 aliphatic rings. The lowest BCUT2D eigenvalue weighted by Gasteiger charge is -2.23. The maximum Gasteiger partial charge on any atom is 0.245 e. The number of hydrazone groups is 2. The number of ether oxygens (including phenoxy) is 2. The fourth-order valence-electron chi connectivity index (χ4n) is 7.07. The van der Waals surface area contributed by atoms with Crippen LogP contribution in [0.3, 0.4) is 0 Å². The van der Waals surface area contributed by atoms with Crippen molar-refractivity contribution in [3.05, 3.63) is 164 Å². The molecule has 62 heavy (non-hydrogen) atoms. The molecule has 16 heteroatoms. The van der Waals surface area contributed by atoms with Gasteiger partial charge < -0.3 is 19.3 Å². The standard InChI is InChI=1S/C46H34Br2N6O8/c47-31-15-11-27(12-16-31)23-49-51-45(59)29-19-39(55)53(25-29)33-5-3-7-35(21-33)61-43-41(57)37-9-1-2-10-38(37)42(58)44(43)62-36-8-4-6-34(22-36)54-26-30(20-40(54)56)46(60)52-50-24-28-13-17-32(48)18-14-28/h1-18,21-24,29-30H,19-20,25-26H2,(H,51,59)(H,52,60)/b49-23+,50-24+. The first-order chi connectivity index (χ1) is 30.0. The third-order valence-corrected chi connectivity index (χ3v) is 11.3. The molecule has 2 saturated heterocycles. The van der Waals surface area contributed by atoms with E-state index in [0.29, 0.717) is 11.4 Å². The molecule has 2 fully saturated rings. The van der Waals surface area contributed by atoms with Crippen LogP contribution in [0.5, 0.6) is 11.5 Å². The van der Waals surface area contributed by atoms with Crippen LogP contribution in [0.15, 0.2) is 152 Å². The Labute approximate surface area is 371 Å². The number of carbonyl (C=O) groups excluding carboxylic acids is 6. The van der Waals surface area contributed by atoms with Crippen molar-refractivity contribution in [2.45, 2.75) is 12.8 Å². The van der Waals surface area contributed by atoms with Gasteiger partial charge >= 0.3 is 0 Å². The number of hydrogen-bond acceptors (Lipinski definition) is 10. The summed E-state index contributed by atoms with van der Waals surface area (Å²) in [4.78, 5) is 83.2. The smallest absolute Gasteiger partial charge is 0.245 e. The number of carbonyl (C=O) groups is 6. The number of benzene rings is 5. The van der Waals surface area contributed by atoms with Crippen LogP contribution in [0.2, 0.25) is 0 Å². The molecule has 5 aromatic carbocycles. The van der Waals surface area contributed by atoms with Crippen molar-refractivity contribution in [2.24, 2.45) is 22.0 Å². The first-order valence-corrected chi connectivity index (χ1v) is 20.9. The highest BCUT2D eigenvalue weighted by Crippen LogP contribution is 2.35. The molecule has 0 bridgehead atoms. The normalized spacial score (nSPS) is 17.6. The molecular formula is C46H34Br2N6O8. The number of allylic oxidation sites excluding steroid dienone is 2. The molecule has 0 spiro atoms. The second-order valence-electron chi connectivity index (χ2n) is 14.4. The highest BCUT2D eigenvalue weighted by Gasteiger charge is 2.39. The summed E-state index contributed by atoms with van der Waals surface area (Å²) in [7, 11) is 0. The van der Waals surface area contributed by atoms with Gasteiger partial charge in [-0.1, -0.05) is 92.5 Å². The van der Waals surface area contributed by atoms with E-state index in [0.717, 1.165) is 20.1 Å². The van der Waals surface area contributed by atoms with Crippen molar-refractivity contribution >= 4 is 90.9 Å². The van der Waals surface area contributed by atoms with Crippen LogP contribution in [-0.2, 0) is 19.2 Å². The average molecular weight is 959 g/mol. The zero-order valence-corrected chi connectivity index (χ0v) is 35.7. The first-order valence-electron chi connectivity index (χ1n) is 19.3. The Bertz CT molecular complexity index is 2530. The van der Waals surface area contributed by atoms with Gasteiger partial charge in [0.15, 0.2) is 0 Å². The summed E-state index contributed by atoms with van der Waals surface area (Å²) < 4.78 is 14.2. The number of hydrogen-bond donors (Lipinski definition) is 2. The van der Waals surface area contributed by atoms with Gasteiger partial charge in [-0.05, 0) is 59.7 Å². The zero-order valence-electron chi connectivity index (χ0n) is 32.5. The summed E-state index contributed by atoms with van der Waals surface area (Å²) in [6.45, 7) is 0.150. The van der Waals surface area contributed by atoms with Crippen LogP contribution in [0.25, 0.3) is 0 Å². The highest BCUT2D eigenvalue weighted by molar-refractivity contribution is 9.10. The van der Waals surface area contributed by atoms with Crippen molar-refractivity contribution in [1.82, 2.24) is 10.9 Å². The zero-order chi connectivity index (χ0) is 43.3. The molecule has 8 rings (SSSR count). The quantitative estimate of drug-likeness (QED) is 0.0996. The highest BCUT2D eigenvalue weighted by atomic mass is 79.9. The van der Waals surface area contributed by atoms with Gasteiger partial charge in [0, 0.05) is 69.5 Å². The minimum Gasteiger partial charge on any atom is -0.449 e. The first kappa shape index (κ1) is 41.7. The Morgan fingerprint density at radius 2 is 0.968 bits per heavy atom. The predicted octanol–water partition coefficient (Wildman–Crippen LogP) is 6.97. The lowest BCUT2D eigenvalue weighted by Crippen LogP contribution is -2.30. The number of fused-ring (bicyclic) bond motifs is 1. The van der Waals surface area contributed by atoms with E-state index < -0.39 is 35.2 Å². The van der Waals surface area contributed by atoms with Crippen LogP contribution in [-0.4, -0.2) is 60.7 Å². The summed E-state index contributed by atoms with van der Waals surface area (Å²) in [5, 5.41) is 8.07. The number of rotatable bonds is 12. The van der Waals surface area contributed by atoms with Gasteiger partial charge in [-0.25, -0.2) is 10.9 Å². The third kappa shape index (κ3) is 9.31. The van der Waals surface area contributed by atoms with Crippen LogP contribution in [0.1, 0.15) is 44.7 Å². The molecule has 2 heterocycles. The molecule has 14 nitrogen and oxygen atoms in total. The van der Waals surface area contributed by atoms with Gasteiger partial charge in [-0.15, -0.1) is 0 Å². The van der Waals surface area contributed by atoms with E-state index in [1.165, 1.54) is 46.5 Å². The Kier molecular flexibility index (Phi) is 12.3. The van der Waals surface area contributed by atoms with Gasteiger partial charge in [0.2, 0.25) is 46.7 Å². The maximum absolute atomic E-state index is 14.0. The Morgan fingerprint density at radius 1 is 0.565 bits per heavy atom. The van der Waals surface area contributed by atoms with Gasteiger partial charge in [0.1, 0.15) is 11.5 Å². The minimum atomic E-state index is -0.678. The lowest BCUT2D eigenvalue weighted by atomic mass is 9.92. The second kappa shape index (κ2) is 18.3. The van der Waals surface area contributed by atoms with Gasteiger partial charge in [-0.3, -0.25) is 28.8 Å². The van der Waals surface area contributed by atoms with Crippen molar-refractivity contribution < 1.29 is 38.2 Å². The fourth-order valence-corrected chi connectivity index (χ4v) is 7.60. The van der Waals surface area contributed by atoms with E-state index in [1.807, 2.05) is 48.5 Å². The number of ketones is 2. The molecule has 310 valence electrons. The summed E-state index contributed by atoms with van der Waals surface area (Å²) in [6, 6.07) is 33.8. The number of nitrogens with zero attached hydrogens (tertiary/aromatic N) is 4. The number of Topliss-reactive ketones (excluding diaryl/α,β-unsaturated/α-hetero) is 2.